The molecule has 3 rings (SSSR count). The Kier molecular flexibility index (Phi) is 4.29. The number of urea groups is 1. The molecule has 0 aromatic carbocycles. The van der Waals surface area contributed by atoms with Crippen molar-refractivity contribution >= 4 is 33.7 Å². The summed E-state index contributed by atoms with van der Waals surface area (Å²) in [7, 11) is -5.01. The minimum absolute atomic E-state index is 0. The fourth-order valence-electron chi connectivity index (χ4n) is 2.71. The van der Waals surface area contributed by atoms with Crippen molar-refractivity contribution in [3.05, 3.63) is 10.0 Å². The summed E-state index contributed by atoms with van der Waals surface area (Å²) >= 11 is 1.26. The van der Waals surface area contributed by atoms with Gasteiger partial charge in [-0.1, -0.05) is 11.3 Å². The molecule has 2 saturated heterocycles. The van der Waals surface area contributed by atoms with E-state index >= 15 is 0 Å². The van der Waals surface area contributed by atoms with E-state index in [0.717, 1.165) is 0 Å². The third-order valence-electron chi connectivity index (χ3n) is 3.66. The lowest BCUT2D eigenvalue weighted by molar-refractivity contribution is -0.0327. The number of hydrogen-bond donors (Lipinski definition) is 2. The van der Waals surface area contributed by atoms with Crippen LogP contribution in [0, 0.1) is 0 Å². The molecule has 2 atom stereocenters. The molecule has 0 saturated carbocycles. The second-order valence-corrected chi connectivity index (χ2v) is 7.32. The normalized spacial score (nSPS) is 23.6. The number of hydroxylamine groups is 2. The molecule has 0 aliphatic carbocycles. The maximum atomic E-state index is 12.3. The van der Waals surface area contributed by atoms with Gasteiger partial charge < -0.3 is 20.9 Å². The molecule has 2 amide bonds. The number of nitrogens with zero attached hydrogens (tertiary/aromatic N) is 5. The van der Waals surface area contributed by atoms with Crippen LogP contribution < -0.4 is 11.5 Å². The number of amides is 2. The average Bonchev–Trinajstić information content (AvgIpc) is 3.04. The summed E-state index contributed by atoms with van der Waals surface area (Å²) in [5.41, 5.74) is 10.5. The third kappa shape index (κ3) is 3.40. The Hall–Kier alpha value is -2.03. The van der Waals surface area contributed by atoms with E-state index in [1.54, 1.807) is 0 Å². The molecule has 24 heavy (non-hydrogen) atoms. The van der Waals surface area contributed by atoms with Crippen LogP contribution in [0.2, 0.25) is 0 Å². The molecule has 12 nitrogen and oxygen atoms in total. The monoisotopic (exact) mass is 377 g/mol. The summed E-state index contributed by atoms with van der Waals surface area (Å²) in [5, 5.41) is 9.83. The summed E-state index contributed by atoms with van der Waals surface area (Å²) in [6.07, 6.45) is 1.03. The molecule has 2 fully saturated rings. The smallest absolute Gasteiger partial charge is 0.724 e. The molecular formula is C10H15N7O5S2. The molecule has 14 heteroatoms. The van der Waals surface area contributed by atoms with Crippen LogP contribution in [-0.4, -0.2) is 57.7 Å². The van der Waals surface area contributed by atoms with Gasteiger partial charge in [-0.3, -0.25) is 0 Å². The highest BCUT2D eigenvalue weighted by atomic mass is 32.3. The summed E-state index contributed by atoms with van der Waals surface area (Å²) in [6.45, 7) is 0.439. The highest BCUT2D eigenvalue weighted by molar-refractivity contribution is 7.80. The van der Waals surface area contributed by atoms with E-state index < -0.39 is 22.5 Å². The van der Waals surface area contributed by atoms with E-state index in [1.165, 1.54) is 16.2 Å². The Labute approximate surface area is 142 Å². The number of aliphatic imine (C=N–C) groups is 1. The zero-order valence-corrected chi connectivity index (χ0v) is 13.9. The lowest BCUT2D eigenvalue weighted by atomic mass is 10.0. The van der Waals surface area contributed by atoms with Gasteiger partial charge in [0.25, 0.3) is 0 Å². The Morgan fingerprint density at radius 1 is 1.46 bits per heavy atom. The van der Waals surface area contributed by atoms with Crippen LogP contribution in [0.3, 0.4) is 0 Å². The van der Waals surface area contributed by atoms with Crippen LogP contribution in [0.4, 0.5) is 4.79 Å². The predicted molar refractivity (Wildman–Crippen MR) is 81.0 cm³/mol. The standard InChI is InChI=1S/C10H15N7O5S2/c11-9(12)13-3-7-14-15-8(23-7)6-2-1-5-4-16(6)10(18)17(5)22-24(19,20)21/h5-6H,1-4H2,(H4,11,12,13)(H,19,20,21)/t5-,6+/m1/s1. The predicted octanol–water partition coefficient (Wildman–Crippen LogP) is -1.24. The van der Waals surface area contributed by atoms with Crippen LogP contribution >= 0.6 is 11.3 Å². The van der Waals surface area contributed by atoms with Gasteiger partial charge in [-0.25, -0.2) is 18.2 Å². The molecule has 132 valence electrons. The van der Waals surface area contributed by atoms with Crippen molar-refractivity contribution in [1.82, 2.24) is 20.2 Å². The second-order valence-electron chi connectivity index (χ2n) is 5.27. The number of rotatable bonds is 5. The van der Waals surface area contributed by atoms with Crippen LogP contribution in [0.1, 0.15) is 30.3 Å². The molecule has 2 bridgehead atoms. The van der Waals surface area contributed by atoms with Crippen LogP contribution in [0.25, 0.3) is 0 Å². The van der Waals surface area contributed by atoms with Gasteiger partial charge >= 0.3 is 7.46 Å². The van der Waals surface area contributed by atoms with Gasteiger partial charge in [0, 0.05) is 6.54 Å². The van der Waals surface area contributed by atoms with Crippen molar-refractivity contribution in [2.45, 2.75) is 31.5 Å². The Bertz CT molecular complexity index is 780. The first-order valence-electron chi connectivity index (χ1n) is 6.87. The highest BCUT2D eigenvalue weighted by Crippen LogP contribution is 2.39. The van der Waals surface area contributed by atoms with Gasteiger partial charge in [0.05, 0.1) is 18.6 Å². The van der Waals surface area contributed by atoms with Crippen LogP contribution in [-0.2, 0) is 21.2 Å². The van der Waals surface area contributed by atoms with Crippen molar-refractivity contribution < 1.29 is 23.5 Å². The molecule has 1 aromatic heterocycles. The fraction of sp³-hybridized carbons (Fsp3) is 0.600. The topological polar surface area (TPSA) is 180 Å². The van der Waals surface area contributed by atoms with Gasteiger partial charge in [0.1, 0.15) is 10.0 Å². The first-order chi connectivity index (χ1) is 11.2. The van der Waals surface area contributed by atoms with Gasteiger partial charge in [-0.2, -0.15) is 9.35 Å². The number of aromatic nitrogens is 2. The second kappa shape index (κ2) is 6.12. The number of nitrogens with two attached hydrogens (primary N) is 2. The summed E-state index contributed by atoms with van der Waals surface area (Å²) in [6, 6.07) is -1.52. The van der Waals surface area contributed by atoms with Gasteiger partial charge in [-0.05, 0) is 12.8 Å². The van der Waals surface area contributed by atoms with E-state index in [4.69, 9.17) is 11.5 Å². The SMILES string of the molecule is NC(N)=NCc1nnc([C@@H]2CC[C@@H]3CN2C(=O)N3OS(=O)(=O)[O-])s1.[H+]. The minimum atomic E-state index is -5.01. The molecule has 2 aliphatic heterocycles. The average molecular weight is 377 g/mol. The zero-order valence-electron chi connectivity index (χ0n) is 13.2. The number of carbonyl (C=O) groups is 1. The van der Waals surface area contributed by atoms with Crippen molar-refractivity contribution in [3.63, 3.8) is 0 Å². The van der Waals surface area contributed by atoms with E-state index in [-0.39, 0.29) is 26.5 Å². The maximum Gasteiger partial charge on any atom is 1.00 e. The number of piperidine rings is 1. The number of hydrogen-bond acceptors (Lipinski definition) is 9. The quantitative estimate of drug-likeness (QED) is 0.274. The van der Waals surface area contributed by atoms with Gasteiger partial charge in [-0.15, -0.1) is 10.2 Å². The summed E-state index contributed by atoms with van der Waals surface area (Å²) in [5.74, 6) is -0.0615. The molecule has 0 unspecified atom stereocenters. The zero-order chi connectivity index (χ0) is 17.5. The molecule has 2 aliphatic rings. The van der Waals surface area contributed by atoms with Crippen molar-refractivity contribution in [2.75, 3.05) is 6.54 Å². The fourth-order valence-corrected chi connectivity index (χ4v) is 4.01. The van der Waals surface area contributed by atoms with Crippen LogP contribution in [0.5, 0.6) is 0 Å². The van der Waals surface area contributed by atoms with E-state index in [9.17, 15) is 17.8 Å². The van der Waals surface area contributed by atoms with Crippen molar-refractivity contribution in [3.8, 4) is 0 Å². The van der Waals surface area contributed by atoms with Crippen molar-refractivity contribution in [1.29, 1.82) is 0 Å². The minimum Gasteiger partial charge on any atom is -0.724 e. The lowest BCUT2D eigenvalue weighted by Gasteiger charge is -2.28. The molecule has 1 aromatic rings. The van der Waals surface area contributed by atoms with Gasteiger partial charge in [0.15, 0.2) is 5.96 Å². The summed E-state index contributed by atoms with van der Waals surface area (Å²) < 4.78 is 36.5. The number of guanidine groups is 1. The molecule has 4 N–H and O–H groups in total. The Balaban J connectivity index is 0.00000225. The van der Waals surface area contributed by atoms with E-state index in [1.807, 2.05) is 0 Å². The van der Waals surface area contributed by atoms with Crippen molar-refractivity contribution in [2.24, 2.45) is 16.5 Å². The highest BCUT2D eigenvalue weighted by Gasteiger charge is 2.47. The molecule has 0 spiro atoms. The Morgan fingerprint density at radius 3 is 2.88 bits per heavy atom. The molecule has 0 radical (unpaired) electrons. The Morgan fingerprint density at radius 2 is 2.21 bits per heavy atom. The van der Waals surface area contributed by atoms with E-state index in [2.05, 4.69) is 19.5 Å². The first-order valence-corrected chi connectivity index (χ1v) is 9.02. The number of carbonyl (C=O) groups excluding carboxylic acids is 1. The van der Waals surface area contributed by atoms with Gasteiger partial charge in [0.2, 0.25) is 10.4 Å². The summed E-state index contributed by atoms with van der Waals surface area (Å²) in [4.78, 5) is 17.6. The first kappa shape index (κ1) is 16.8. The molecule has 3 heterocycles. The number of fused-ring (bicyclic) bond motifs is 2. The van der Waals surface area contributed by atoms with Crippen LogP contribution in [0.15, 0.2) is 4.99 Å². The lowest BCUT2D eigenvalue weighted by Crippen LogP contribution is -2.35. The molecular weight excluding hydrogens is 362 g/mol. The maximum absolute atomic E-state index is 12.3. The van der Waals surface area contributed by atoms with E-state index in [0.29, 0.717) is 27.9 Å². The third-order valence-corrected chi connectivity index (χ3v) is 5.01. The largest absolute Gasteiger partial charge is 1.00 e.